The Morgan fingerprint density at radius 1 is 1.47 bits per heavy atom. The molecular formula is C12H14BrFN2S. The molecule has 1 aliphatic heterocycles. The van der Waals surface area contributed by atoms with Crippen molar-refractivity contribution in [1.29, 1.82) is 0 Å². The maximum absolute atomic E-state index is 13.0. The molecule has 0 saturated carbocycles. The highest BCUT2D eigenvalue weighted by Crippen LogP contribution is 2.29. The minimum absolute atomic E-state index is 0.0138. The van der Waals surface area contributed by atoms with Gasteiger partial charge in [0.2, 0.25) is 0 Å². The standard InChI is InChI=1S/C12H14BrFN2S/c1-12(2)5-6-17-11(16-12)15-10-4-3-8(14)7-9(10)13/h3-4,7H,5-6H2,1-2H3,(H,15,16). The van der Waals surface area contributed by atoms with E-state index in [1.165, 1.54) is 12.1 Å². The molecule has 2 rings (SSSR count). The molecule has 17 heavy (non-hydrogen) atoms. The fraction of sp³-hybridized carbons (Fsp3) is 0.417. The van der Waals surface area contributed by atoms with Crippen molar-refractivity contribution >= 4 is 38.5 Å². The Morgan fingerprint density at radius 3 is 2.88 bits per heavy atom. The Balaban J connectivity index is 2.18. The number of hydrogen-bond acceptors (Lipinski definition) is 3. The predicted octanol–water partition coefficient (Wildman–Crippen LogP) is 4.27. The molecule has 5 heteroatoms. The quantitative estimate of drug-likeness (QED) is 0.836. The van der Waals surface area contributed by atoms with E-state index in [0.29, 0.717) is 4.47 Å². The zero-order valence-electron chi connectivity index (χ0n) is 9.76. The second-order valence-electron chi connectivity index (χ2n) is 4.58. The van der Waals surface area contributed by atoms with Crippen molar-refractivity contribution in [2.24, 2.45) is 4.99 Å². The van der Waals surface area contributed by atoms with E-state index < -0.39 is 0 Å². The summed E-state index contributed by atoms with van der Waals surface area (Å²) < 4.78 is 13.7. The SMILES string of the molecule is CC1(C)CCSC(Nc2ccc(F)cc2Br)=N1. The van der Waals surface area contributed by atoms with Crippen LogP contribution in [0.3, 0.4) is 0 Å². The number of benzene rings is 1. The molecule has 0 amide bonds. The minimum Gasteiger partial charge on any atom is -0.334 e. The highest BCUT2D eigenvalue weighted by atomic mass is 79.9. The summed E-state index contributed by atoms with van der Waals surface area (Å²) in [5, 5.41) is 4.13. The van der Waals surface area contributed by atoms with E-state index in [1.54, 1.807) is 17.8 Å². The van der Waals surface area contributed by atoms with Gasteiger partial charge in [0, 0.05) is 10.2 Å². The van der Waals surface area contributed by atoms with Gasteiger partial charge in [0.05, 0.1) is 11.2 Å². The molecule has 0 saturated heterocycles. The van der Waals surface area contributed by atoms with E-state index in [9.17, 15) is 4.39 Å². The first-order chi connectivity index (χ1) is 7.96. The first kappa shape index (κ1) is 12.9. The molecule has 1 aliphatic rings. The van der Waals surface area contributed by atoms with Gasteiger partial charge in [-0.05, 0) is 54.4 Å². The molecule has 0 aliphatic carbocycles. The van der Waals surface area contributed by atoms with Crippen LogP contribution in [0.1, 0.15) is 20.3 Å². The van der Waals surface area contributed by atoms with Gasteiger partial charge in [-0.3, -0.25) is 4.99 Å². The Labute approximate surface area is 113 Å². The van der Waals surface area contributed by atoms with Crippen molar-refractivity contribution < 1.29 is 4.39 Å². The molecule has 0 aromatic heterocycles. The van der Waals surface area contributed by atoms with E-state index in [4.69, 9.17) is 0 Å². The largest absolute Gasteiger partial charge is 0.334 e. The maximum atomic E-state index is 13.0. The van der Waals surface area contributed by atoms with Crippen LogP contribution in [0, 0.1) is 5.82 Å². The van der Waals surface area contributed by atoms with Gasteiger partial charge in [0.15, 0.2) is 5.17 Å². The second kappa shape index (κ2) is 4.98. The lowest BCUT2D eigenvalue weighted by Crippen LogP contribution is -2.27. The van der Waals surface area contributed by atoms with Crippen LogP contribution >= 0.6 is 27.7 Å². The summed E-state index contributed by atoms with van der Waals surface area (Å²) in [6.45, 7) is 4.24. The summed E-state index contributed by atoms with van der Waals surface area (Å²) in [5.41, 5.74) is 0.829. The van der Waals surface area contributed by atoms with Crippen molar-refractivity contribution in [2.45, 2.75) is 25.8 Å². The van der Waals surface area contributed by atoms with Gasteiger partial charge in [-0.25, -0.2) is 4.39 Å². The zero-order chi connectivity index (χ0) is 12.5. The average Bonchev–Trinajstić information content (AvgIpc) is 2.21. The fourth-order valence-corrected chi connectivity index (χ4v) is 3.27. The maximum Gasteiger partial charge on any atom is 0.161 e. The van der Waals surface area contributed by atoms with Crippen LogP contribution in [0.2, 0.25) is 0 Å². The van der Waals surface area contributed by atoms with Gasteiger partial charge in [-0.1, -0.05) is 11.8 Å². The Kier molecular flexibility index (Phi) is 3.78. The van der Waals surface area contributed by atoms with E-state index in [2.05, 4.69) is 40.1 Å². The van der Waals surface area contributed by atoms with Crippen molar-refractivity contribution in [2.75, 3.05) is 11.1 Å². The molecular weight excluding hydrogens is 303 g/mol. The third-order valence-corrected chi connectivity index (χ3v) is 4.06. The third-order valence-electron chi connectivity index (χ3n) is 2.53. The van der Waals surface area contributed by atoms with Gasteiger partial charge in [0.25, 0.3) is 0 Å². The summed E-state index contributed by atoms with van der Waals surface area (Å²) in [5.74, 6) is 0.804. The lowest BCUT2D eigenvalue weighted by Gasteiger charge is -2.26. The number of nitrogens with zero attached hydrogens (tertiary/aromatic N) is 1. The Bertz CT molecular complexity index is 460. The lowest BCUT2D eigenvalue weighted by atomic mass is 10.0. The number of anilines is 1. The zero-order valence-corrected chi connectivity index (χ0v) is 12.2. The highest BCUT2D eigenvalue weighted by Gasteiger charge is 2.22. The van der Waals surface area contributed by atoms with Crippen molar-refractivity contribution in [3.8, 4) is 0 Å². The fourth-order valence-electron chi connectivity index (χ4n) is 1.53. The summed E-state index contributed by atoms with van der Waals surface area (Å²) in [7, 11) is 0. The minimum atomic E-state index is -0.249. The second-order valence-corrected chi connectivity index (χ2v) is 6.51. The van der Waals surface area contributed by atoms with Gasteiger partial charge in [-0.15, -0.1) is 0 Å². The topological polar surface area (TPSA) is 24.4 Å². The molecule has 0 bridgehead atoms. The number of aliphatic imine (C=N–C) groups is 1. The van der Waals surface area contributed by atoms with Crippen molar-refractivity contribution in [1.82, 2.24) is 0 Å². The number of amidine groups is 1. The summed E-state index contributed by atoms with van der Waals surface area (Å²) in [4.78, 5) is 4.63. The Morgan fingerprint density at radius 2 is 2.24 bits per heavy atom. The molecule has 1 aromatic rings. The third kappa shape index (κ3) is 3.45. The van der Waals surface area contributed by atoms with E-state index in [-0.39, 0.29) is 11.4 Å². The number of nitrogens with one attached hydrogen (secondary N) is 1. The van der Waals surface area contributed by atoms with Crippen LogP contribution in [0.4, 0.5) is 10.1 Å². The number of hydrogen-bond donors (Lipinski definition) is 1. The van der Waals surface area contributed by atoms with Gasteiger partial charge >= 0.3 is 0 Å². The first-order valence-corrected chi connectivity index (χ1v) is 7.19. The highest BCUT2D eigenvalue weighted by molar-refractivity contribution is 9.10. The smallest absolute Gasteiger partial charge is 0.161 e. The van der Waals surface area contributed by atoms with Crippen LogP contribution < -0.4 is 5.32 Å². The summed E-state index contributed by atoms with van der Waals surface area (Å²) >= 11 is 5.03. The van der Waals surface area contributed by atoms with Crippen LogP contribution in [-0.4, -0.2) is 16.5 Å². The molecule has 0 spiro atoms. The molecule has 0 atom stereocenters. The molecule has 0 radical (unpaired) electrons. The average molecular weight is 317 g/mol. The van der Waals surface area contributed by atoms with Gasteiger partial charge in [0.1, 0.15) is 5.82 Å². The van der Waals surface area contributed by atoms with Crippen molar-refractivity contribution in [3.63, 3.8) is 0 Å². The van der Waals surface area contributed by atoms with E-state index >= 15 is 0 Å². The van der Waals surface area contributed by atoms with Crippen LogP contribution in [0.15, 0.2) is 27.7 Å². The Hall–Kier alpha value is -0.550. The molecule has 1 heterocycles. The van der Waals surface area contributed by atoms with Crippen LogP contribution in [0.5, 0.6) is 0 Å². The van der Waals surface area contributed by atoms with E-state index in [0.717, 1.165) is 23.0 Å². The predicted molar refractivity (Wildman–Crippen MR) is 76.3 cm³/mol. The molecule has 1 N–H and O–H groups in total. The number of thioether (sulfide) groups is 1. The van der Waals surface area contributed by atoms with E-state index in [1.807, 2.05) is 0 Å². The number of rotatable bonds is 1. The monoisotopic (exact) mass is 316 g/mol. The molecule has 92 valence electrons. The molecule has 0 fully saturated rings. The number of halogens is 2. The summed E-state index contributed by atoms with van der Waals surface area (Å²) in [6, 6.07) is 4.60. The van der Waals surface area contributed by atoms with Crippen LogP contribution in [0.25, 0.3) is 0 Å². The van der Waals surface area contributed by atoms with Crippen molar-refractivity contribution in [3.05, 3.63) is 28.5 Å². The first-order valence-electron chi connectivity index (χ1n) is 5.41. The van der Waals surface area contributed by atoms with Gasteiger partial charge in [-0.2, -0.15) is 0 Å². The summed E-state index contributed by atoms with van der Waals surface area (Å²) in [6.07, 6.45) is 1.08. The van der Waals surface area contributed by atoms with Gasteiger partial charge < -0.3 is 5.32 Å². The molecule has 2 nitrogen and oxygen atoms in total. The molecule has 0 unspecified atom stereocenters. The lowest BCUT2D eigenvalue weighted by molar-refractivity contribution is 0.507. The molecule has 1 aromatic carbocycles. The normalized spacial score (nSPS) is 18.7. The van der Waals surface area contributed by atoms with Crippen LogP contribution in [-0.2, 0) is 0 Å².